The molecule has 1 N–H and O–H groups in total. The fourth-order valence-corrected chi connectivity index (χ4v) is 3.43. The van der Waals surface area contributed by atoms with Gasteiger partial charge >= 0.3 is 0 Å². The topological polar surface area (TPSA) is 15.3 Å². The van der Waals surface area contributed by atoms with Crippen molar-refractivity contribution in [2.24, 2.45) is 0 Å². The van der Waals surface area contributed by atoms with Crippen LogP contribution in [0.15, 0.2) is 0 Å². The first-order valence-electron chi connectivity index (χ1n) is 7.66. The van der Waals surface area contributed by atoms with Crippen molar-refractivity contribution >= 4 is 0 Å². The molecule has 1 fully saturated rings. The Kier molecular flexibility index (Phi) is 6.50. The fourth-order valence-electron chi connectivity index (χ4n) is 3.43. The summed E-state index contributed by atoms with van der Waals surface area (Å²) in [6, 6.07) is 2.92. The van der Waals surface area contributed by atoms with Gasteiger partial charge in [-0.1, -0.05) is 20.8 Å². The first-order valence-corrected chi connectivity index (χ1v) is 7.66. The van der Waals surface area contributed by atoms with E-state index in [0.29, 0.717) is 12.1 Å². The van der Waals surface area contributed by atoms with Crippen molar-refractivity contribution < 1.29 is 0 Å². The predicted molar refractivity (Wildman–Crippen MR) is 76.4 cm³/mol. The molecule has 1 saturated heterocycles. The molecule has 17 heavy (non-hydrogen) atoms. The highest BCUT2D eigenvalue weighted by molar-refractivity contribution is 4.92. The van der Waals surface area contributed by atoms with Crippen LogP contribution in [0.2, 0.25) is 0 Å². The van der Waals surface area contributed by atoms with Gasteiger partial charge < -0.3 is 5.32 Å². The Balaban J connectivity index is 2.61. The molecule has 1 rings (SSSR count). The molecule has 0 radical (unpaired) electrons. The molecule has 0 aromatic rings. The summed E-state index contributed by atoms with van der Waals surface area (Å²) < 4.78 is 0. The number of hydrogen-bond donors (Lipinski definition) is 1. The maximum atomic E-state index is 3.72. The van der Waals surface area contributed by atoms with Crippen LogP contribution in [0.4, 0.5) is 0 Å². The minimum absolute atomic E-state index is 0.657. The van der Waals surface area contributed by atoms with Crippen LogP contribution in [0.1, 0.15) is 66.7 Å². The summed E-state index contributed by atoms with van der Waals surface area (Å²) in [5, 5.41) is 3.72. The third-order valence-electron chi connectivity index (χ3n) is 4.47. The molecule has 1 heterocycles. The quantitative estimate of drug-likeness (QED) is 0.733. The zero-order chi connectivity index (χ0) is 12.8. The zero-order valence-corrected chi connectivity index (χ0v) is 12.5. The van der Waals surface area contributed by atoms with E-state index in [2.05, 4.69) is 44.8 Å². The molecule has 0 aromatic carbocycles. The number of rotatable bonds is 7. The summed E-state index contributed by atoms with van der Waals surface area (Å²) in [5.41, 5.74) is 0. The lowest BCUT2D eigenvalue weighted by Crippen LogP contribution is -2.52. The average Bonchev–Trinajstić information content (AvgIpc) is 2.71. The minimum atomic E-state index is 0.657. The van der Waals surface area contributed by atoms with Gasteiger partial charge in [0.15, 0.2) is 0 Å². The number of nitrogens with one attached hydrogen (secondary N) is 1. The second-order valence-electron chi connectivity index (χ2n) is 5.65. The molecule has 2 heteroatoms. The van der Waals surface area contributed by atoms with Gasteiger partial charge in [0.2, 0.25) is 0 Å². The van der Waals surface area contributed by atoms with Crippen molar-refractivity contribution in [1.29, 1.82) is 0 Å². The maximum Gasteiger partial charge on any atom is 0.0226 e. The molecule has 0 bridgehead atoms. The lowest BCUT2D eigenvalue weighted by atomic mass is 10.0. The van der Waals surface area contributed by atoms with E-state index in [4.69, 9.17) is 0 Å². The summed E-state index contributed by atoms with van der Waals surface area (Å²) in [6.45, 7) is 12.9. The Morgan fingerprint density at radius 3 is 2.47 bits per heavy atom. The molecule has 0 aliphatic carbocycles. The standard InChI is InChI=1S/C15H32N2/c1-6-11-16-15(8-3)13(5)17-12(4)9-10-14(17)7-2/h12-16H,6-11H2,1-5H3. The third kappa shape index (κ3) is 3.69. The van der Waals surface area contributed by atoms with Gasteiger partial charge in [0.1, 0.15) is 0 Å². The van der Waals surface area contributed by atoms with E-state index in [0.717, 1.165) is 18.6 Å². The van der Waals surface area contributed by atoms with Gasteiger partial charge in [-0.3, -0.25) is 4.90 Å². The van der Waals surface area contributed by atoms with Crippen LogP contribution in [-0.4, -0.2) is 35.6 Å². The van der Waals surface area contributed by atoms with Crippen molar-refractivity contribution in [2.45, 2.75) is 90.9 Å². The summed E-state index contributed by atoms with van der Waals surface area (Å²) in [4.78, 5) is 2.77. The molecule has 0 saturated carbocycles. The second kappa shape index (κ2) is 7.38. The number of hydrogen-bond acceptors (Lipinski definition) is 2. The van der Waals surface area contributed by atoms with Crippen molar-refractivity contribution in [3.05, 3.63) is 0 Å². The highest BCUT2D eigenvalue weighted by Crippen LogP contribution is 2.29. The summed E-state index contributed by atoms with van der Waals surface area (Å²) in [6.07, 6.45) is 6.55. The largest absolute Gasteiger partial charge is 0.312 e. The molecule has 4 atom stereocenters. The van der Waals surface area contributed by atoms with Gasteiger partial charge in [-0.05, 0) is 52.5 Å². The second-order valence-corrected chi connectivity index (χ2v) is 5.65. The Morgan fingerprint density at radius 1 is 1.24 bits per heavy atom. The Morgan fingerprint density at radius 2 is 1.94 bits per heavy atom. The van der Waals surface area contributed by atoms with E-state index in [1.54, 1.807) is 0 Å². The molecule has 4 unspecified atom stereocenters. The fraction of sp³-hybridized carbons (Fsp3) is 1.00. The third-order valence-corrected chi connectivity index (χ3v) is 4.47. The molecule has 1 aliphatic rings. The predicted octanol–water partition coefficient (Wildman–Crippen LogP) is 3.42. The van der Waals surface area contributed by atoms with Crippen molar-refractivity contribution in [3.63, 3.8) is 0 Å². The smallest absolute Gasteiger partial charge is 0.0226 e. The van der Waals surface area contributed by atoms with Crippen LogP contribution in [0.5, 0.6) is 0 Å². The van der Waals surface area contributed by atoms with E-state index in [9.17, 15) is 0 Å². The first-order chi connectivity index (χ1) is 8.15. The van der Waals surface area contributed by atoms with Crippen LogP contribution in [0, 0.1) is 0 Å². The normalized spacial score (nSPS) is 29.5. The summed E-state index contributed by atoms with van der Waals surface area (Å²) in [5.74, 6) is 0. The van der Waals surface area contributed by atoms with E-state index in [1.807, 2.05) is 0 Å². The Bertz CT molecular complexity index is 205. The lowest BCUT2D eigenvalue weighted by Gasteiger charge is -2.38. The van der Waals surface area contributed by atoms with Crippen LogP contribution in [-0.2, 0) is 0 Å². The molecular weight excluding hydrogens is 208 g/mol. The highest BCUT2D eigenvalue weighted by atomic mass is 15.2. The SMILES string of the molecule is CCCNC(CC)C(C)N1C(C)CCC1CC. The highest BCUT2D eigenvalue weighted by Gasteiger charge is 2.35. The van der Waals surface area contributed by atoms with E-state index in [1.165, 1.54) is 32.1 Å². The van der Waals surface area contributed by atoms with E-state index >= 15 is 0 Å². The van der Waals surface area contributed by atoms with Crippen molar-refractivity contribution in [1.82, 2.24) is 10.2 Å². The molecule has 0 aromatic heterocycles. The zero-order valence-electron chi connectivity index (χ0n) is 12.5. The first kappa shape index (κ1) is 15.0. The summed E-state index contributed by atoms with van der Waals surface area (Å²) >= 11 is 0. The molecule has 0 amide bonds. The molecule has 1 aliphatic heterocycles. The molecule has 102 valence electrons. The average molecular weight is 240 g/mol. The Labute approximate surface area is 108 Å². The number of likely N-dealkylation sites (tertiary alicyclic amines) is 1. The van der Waals surface area contributed by atoms with Gasteiger partial charge in [0, 0.05) is 24.2 Å². The minimum Gasteiger partial charge on any atom is -0.312 e. The number of nitrogens with zero attached hydrogens (tertiary/aromatic N) is 1. The molecule has 2 nitrogen and oxygen atoms in total. The lowest BCUT2D eigenvalue weighted by molar-refractivity contribution is 0.112. The van der Waals surface area contributed by atoms with Gasteiger partial charge in [-0.15, -0.1) is 0 Å². The molecule has 0 spiro atoms. The molecular formula is C15H32N2. The monoisotopic (exact) mass is 240 g/mol. The van der Waals surface area contributed by atoms with Crippen LogP contribution in [0.25, 0.3) is 0 Å². The van der Waals surface area contributed by atoms with E-state index in [-0.39, 0.29) is 0 Å². The van der Waals surface area contributed by atoms with Crippen molar-refractivity contribution in [3.8, 4) is 0 Å². The van der Waals surface area contributed by atoms with Gasteiger partial charge in [-0.25, -0.2) is 0 Å². The van der Waals surface area contributed by atoms with Crippen LogP contribution < -0.4 is 5.32 Å². The van der Waals surface area contributed by atoms with Crippen molar-refractivity contribution in [2.75, 3.05) is 6.54 Å². The van der Waals surface area contributed by atoms with Gasteiger partial charge in [0.25, 0.3) is 0 Å². The summed E-state index contributed by atoms with van der Waals surface area (Å²) in [7, 11) is 0. The van der Waals surface area contributed by atoms with Gasteiger partial charge in [0.05, 0.1) is 0 Å². The Hall–Kier alpha value is -0.0800. The van der Waals surface area contributed by atoms with Gasteiger partial charge in [-0.2, -0.15) is 0 Å². The van der Waals surface area contributed by atoms with E-state index < -0.39 is 0 Å². The van der Waals surface area contributed by atoms with Crippen LogP contribution >= 0.6 is 0 Å². The maximum absolute atomic E-state index is 3.72. The van der Waals surface area contributed by atoms with Crippen LogP contribution in [0.3, 0.4) is 0 Å².